The summed E-state index contributed by atoms with van der Waals surface area (Å²) in [5.74, 6) is 0. The summed E-state index contributed by atoms with van der Waals surface area (Å²) in [6.45, 7) is 0.313. The third-order valence-electron chi connectivity index (χ3n) is 3.11. The molecule has 0 aromatic rings. The number of alkyl halides is 4. The first-order chi connectivity index (χ1) is 8.44. The van der Waals surface area contributed by atoms with E-state index in [0.29, 0.717) is 31.5 Å². The maximum absolute atomic E-state index is 13.0. The lowest BCUT2D eigenvalue weighted by Gasteiger charge is -2.09. The lowest BCUT2D eigenvalue weighted by molar-refractivity contribution is -0.135. The molecule has 0 saturated carbocycles. The summed E-state index contributed by atoms with van der Waals surface area (Å²) < 4.78 is 48.9. The van der Waals surface area contributed by atoms with Crippen molar-refractivity contribution in [2.24, 2.45) is 10.2 Å². The molecule has 0 aromatic heterocycles. The van der Waals surface area contributed by atoms with E-state index in [1.54, 1.807) is 0 Å². The molecule has 0 radical (unpaired) electrons. The molecule has 2 aliphatic rings. The van der Waals surface area contributed by atoms with Crippen LogP contribution in [0.4, 0.5) is 17.6 Å². The molecule has 2 rings (SSSR count). The van der Waals surface area contributed by atoms with Crippen LogP contribution >= 0.6 is 0 Å². The van der Waals surface area contributed by atoms with Gasteiger partial charge in [-0.3, -0.25) is 0 Å². The summed E-state index contributed by atoms with van der Waals surface area (Å²) in [5, 5.41) is 10.8. The molecule has 0 spiro atoms. The average molecular weight is 265 g/mol. The highest BCUT2D eigenvalue weighted by atomic mass is 19.4. The minimum Gasteiger partial charge on any atom is -0.306 e. The Bertz CT molecular complexity index is 362. The summed E-state index contributed by atoms with van der Waals surface area (Å²) in [4.78, 5) is 0. The molecule has 102 valence electrons. The van der Waals surface area contributed by atoms with Gasteiger partial charge < -0.3 is 5.32 Å². The molecule has 1 N–H and O–H groups in total. The predicted molar refractivity (Wildman–Crippen MR) is 60.7 cm³/mol. The van der Waals surface area contributed by atoms with Gasteiger partial charge in [-0.25, -0.2) is 4.39 Å². The lowest BCUT2D eigenvalue weighted by atomic mass is 10.0. The van der Waals surface area contributed by atoms with Gasteiger partial charge in [0.15, 0.2) is 0 Å². The molecule has 0 bridgehead atoms. The molecule has 2 atom stereocenters. The molecule has 0 unspecified atom stereocenters. The molecular formula is C11H15F4N3. The van der Waals surface area contributed by atoms with E-state index in [-0.39, 0.29) is 12.5 Å². The molecule has 7 heteroatoms. The number of nitrogens with zero attached hydrogens (tertiary/aromatic N) is 2. The van der Waals surface area contributed by atoms with Crippen LogP contribution in [0.1, 0.15) is 32.1 Å². The van der Waals surface area contributed by atoms with E-state index in [1.165, 1.54) is 0 Å². The quantitative estimate of drug-likeness (QED) is 0.779. The van der Waals surface area contributed by atoms with Crippen molar-refractivity contribution in [1.29, 1.82) is 0 Å². The Balaban J connectivity index is 1.70. The Labute approximate surface area is 102 Å². The molecule has 0 amide bonds. The van der Waals surface area contributed by atoms with Crippen molar-refractivity contribution < 1.29 is 17.6 Å². The molecule has 0 aliphatic carbocycles. The van der Waals surface area contributed by atoms with Gasteiger partial charge in [-0.1, -0.05) is 0 Å². The van der Waals surface area contributed by atoms with Crippen LogP contribution in [-0.2, 0) is 0 Å². The maximum atomic E-state index is 13.0. The summed E-state index contributed by atoms with van der Waals surface area (Å²) in [6.07, 6.45) is -4.58. The van der Waals surface area contributed by atoms with Crippen LogP contribution in [0.5, 0.6) is 0 Å². The number of rotatable bonds is 4. The molecule has 1 saturated heterocycles. The third kappa shape index (κ3) is 3.76. The fourth-order valence-electron chi connectivity index (χ4n) is 2.19. The number of hydrogen-bond acceptors (Lipinski definition) is 3. The maximum Gasteiger partial charge on any atom is 0.389 e. The van der Waals surface area contributed by atoms with Crippen LogP contribution in [0.25, 0.3) is 0 Å². The van der Waals surface area contributed by atoms with Gasteiger partial charge in [0, 0.05) is 31.5 Å². The molecule has 2 aliphatic heterocycles. The first kappa shape index (κ1) is 13.5. The van der Waals surface area contributed by atoms with E-state index in [0.717, 1.165) is 5.71 Å². The lowest BCUT2D eigenvalue weighted by Crippen LogP contribution is -2.30. The van der Waals surface area contributed by atoms with Crippen molar-refractivity contribution in [2.45, 2.75) is 50.5 Å². The highest BCUT2D eigenvalue weighted by Crippen LogP contribution is 2.24. The predicted octanol–water partition coefficient (Wildman–Crippen LogP) is 2.62. The van der Waals surface area contributed by atoms with E-state index in [4.69, 9.17) is 0 Å². The van der Waals surface area contributed by atoms with Crippen LogP contribution < -0.4 is 5.32 Å². The van der Waals surface area contributed by atoms with Crippen molar-refractivity contribution in [3.05, 3.63) is 0 Å². The summed E-state index contributed by atoms with van der Waals surface area (Å²) in [7, 11) is 0. The molecule has 18 heavy (non-hydrogen) atoms. The Morgan fingerprint density at radius 2 is 2.06 bits per heavy atom. The Kier molecular flexibility index (Phi) is 3.99. The first-order valence-corrected chi connectivity index (χ1v) is 6.00. The Morgan fingerprint density at radius 3 is 2.67 bits per heavy atom. The highest BCUT2D eigenvalue weighted by Gasteiger charge is 2.31. The van der Waals surface area contributed by atoms with Crippen molar-refractivity contribution in [3.63, 3.8) is 0 Å². The van der Waals surface area contributed by atoms with Gasteiger partial charge in [-0.05, 0) is 12.8 Å². The van der Waals surface area contributed by atoms with E-state index in [1.807, 2.05) is 0 Å². The third-order valence-corrected chi connectivity index (χ3v) is 3.11. The molecule has 1 fully saturated rings. The van der Waals surface area contributed by atoms with Gasteiger partial charge >= 0.3 is 6.18 Å². The zero-order valence-corrected chi connectivity index (χ0v) is 9.80. The monoisotopic (exact) mass is 265 g/mol. The zero-order chi connectivity index (χ0) is 13.2. The molecule has 3 nitrogen and oxygen atoms in total. The zero-order valence-electron chi connectivity index (χ0n) is 9.80. The summed E-state index contributed by atoms with van der Waals surface area (Å²) in [6, 6.07) is -0.108. The van der Waals surface area contributed by atoms with Gasteiger partial charge in [0.2, 0.25) is 0 Å². The first-order valence-electron chi connectivity index (χ1n) is 6.00. The normalized spacial score (nSPS) is 28.4. The van der Waals surface area contributed by atoms with Gasteiger partial charge in [-0.2, -0.15) is 23.4 Å². The van der Waals surface area contributed by atoms with E-state index >= 15 is 0 Å². The minimum atomic E-state index is -4.11. The molecular weight excluding hydrogens is 250 g/mol. The fraction of sp³-hybridized carbons (Fsp3) is 0.818. The number of hydrogen-bond donors (Lipinski definition) is 1. The van der Waals surface area contributed by atoms with Crippen molar-refractivity contribution in [1.82, 2.24) is 5.32 Å². The topological polar surface area (TPSA) is 36.8 Å². The fourth-order valence-corrected chi connectivity index (χ4v) is 2.19. The van der Waals surface area contributed by atoms with E-state index < -0.39 is 18.8 Å². The Hall–Kier alpha value is -0.980. The molecule has 0 aromatic carbocycles. The van der Waals surface area contributed by atoms with Gasteiger partial charge in [0.05, 0.1) is 11.8 Å². The second-order valence-corrected chi connectivity index (χ2v) is 4.70. The second-order valence-electron chi connectivity index (χ2n) is 4.70. The highest BCUT2D eigenvalue weighted by molar-refractivity contribution is 6.09. The van der Waals surface area contributed by atoms with Crippen LogP contribution in [0.2, 0.25) is 0 Å². The minimum absolute atomic E-state index is 0.0367. The van der Waals surface area contributed by atoms with E-state index in [2.05, 4.69) is 15.5 Å². The SMILES string of the molecule is F[C@H]1CN[C@H](C2=NN=C(CCCC(F)(F)F)C2)C1. The Morgan fingerprint density at radius 1 is 1.28 bits per heavy atom. The standard InChI is InChI=1S/C11H15F4N3/c12-7-4-9(16-6-7)10-5-8(17-18-10)2-1-3-11(13,14)15/h7,9,16H,1-6H2/t7-,9+/m1/s1. The van der Waals surface area contributed by atoms with E-state index in [9.17, 15) is 17.6 Å². The van der Waals surface area contributed by atoms with Crippen LogP contribution in [0, 0.1) is 0 Å². The number of nitrogens with one attached hydrogen (secondary N) is 1. The van der Waals surface area contributed by atoms with Gasteiger partial charge in [-0.15, -0.1) is 0 Å². The van der Waals surface area contributed by atoms with Gasteiger partial charge in [0.25, 0.3) is 0 Å². The second kappa shape index (κ2) is 5.34. The van der Waals surface area contributed by atoms with Crippen molar-refractivity contribution in [3.8, 4) is 0 Å². The van der Waals surface area contributed by atoms with Crippen LogP contribution in [0.3, 0.4) is 0 Å². The average Bonchev–Trinajstić information content (AvgIpc) is 2.85. The van der Waals surface area contributed by atoms with Gasteiger partial charge in [0.1, 0.15) is 6.17 Å². The number of halogens is 4. The van der Waals surface area contributed by atoms with Crippen molar-refractivity contribution >= 4 is 11.4 Å². The van der Waals surface area contributed by atoms with Crippen LogP contribution in [0.15, 0.2) is 10.2 Å². The summed E-state index contributed by atoms with van der Waals surface area (Å²) in [5.41, 5.74) is 1.41. The largest absolute Gasteiger partial charge is 0.389 e. The smallest absolute Gasteiger partial charge is 0.306 e. The van der Waals surface area contributed by atoms with Crippen LogP contribution in [-0.4, -0.2) is 36.4 Å². The van der Waals surface area contributed by atoms with Crippen molar-refractivity contribution in [2.75, 3.05) is 6.54 Å². The molecule has 2 heterocycles. The summed E-state index contributed by atoms with van der Waals surface area (Å²) >= 11 is 0.